The predicted octanol–water partition coefficient (Wildman–Crippen LogP) is 1.96. The van der Waals surface area contributed by atoms with Crippen LogP contribution in [0.3, 0.4) is 0 Å². The maximum atomic E-state index is 11.9. The number of benzene rings is 1. The lowest BCUT2D eigenvalue weighted by Crippen LogP contribution is -2.17. The highest BCUT2D eigenvalue weighted by molar-refractivity contribution is 7.90. The molecular weight excluding hydrogens is 299 g/mol. The Hall–Kier alpha value is -1.77. The second-order valence-electron chi connectivity index (χ2n) is 4.00. The molecule has 0 radical (unpaired) electrons. The van der Waals surface area contributed by atoms with Crippen molar-refractivity contribution in [1.82, 2.24) is 0 Å². The Kier molecular flexibility index (Phi) is 4.98. The Bertz CT molecular complexity index is 566. The van der Waals surface area contributed by atoms with Crippen molar-refractivity contribution in [2.24, 2.45) is 0 Å². The molecule has 112 valence electrons. The van der Waals surface area contributed by atoms with Crippen LogP contribution in [0, 0.1) is 0 Å². The number of anilines is 1. The van der Waals surface area contributed by atoms with Gasteiger partial charge in [-0.1, -0.05) is 0 Å². The number of nitrogens with one attached hydrogen (secondary N) is 1. The van der Waals surface area contributed by atoms with Crippen molar-refractivity contribution < 1.29 is 31.1 Å². The zero-order valence-electron chi connectivity index (χ0n) is 10.4. The minimum atomic E-state index is -4.78. The van der Waals surface area contributed by atoms with Crippen molar-refractivity contribution in [3.8, 4) is 5.75 Å². The number of carbonyl (C=O) groups is 1. The van der Waals surface area contributed by atoms with Gasteiger partial charge < -0.3 is 10.1 Å². The molecule has 20 heavy (non-hydrogen) atoms. The second kappa shape index (κ2) is 6.12. The Morgan fingerprint density at radius 1 is 1.25 bits per heavy atom. The number of alkyl halides is 3. The highest BCUT2D eigenvalue weighted by Gasteiger charge is 2.30. The van der Waals surface area contributed by atoms with E-state index >= 15 is 0 Å². The van der Waals surface area contributed by atoms with Crippen LogP contribution in [0.15, 0.2) is 24.3 Å². The zero-order chi connectivity index (χ0) is 15.4. The summed E-state index contributed by atoms with van der Waals surface area (Å²) >= 11 is 0. The lowest BCUT2D eigenvalue weighted by Gasteiger charge is -2.09. The van der Waals surface area contributed by atoms with Gasteiger partial charge in [-0.05, 0) is 24.3 Å². The molecule has 0 heterocycles. The monoisotopic (exact) mass is 311 g/mol. The second-order valence-corrected chi connectivity index (χ2v) is 6.26. The Labute approximate surface area is 113 Å². The minimum absolute atomic E-state index is 0.223. The Morgan fingerprint density at radius 3 is 2.25 bits per heavy atom. The molecule has 0 saturated carbocycles. The quantitative estimate of drug-likeness (QED) is 0.902. The maximum absolute atomic E-state index is 11.9. The standard InChI is InChI=1S/C11H12F3NO4S/c1-20(17,18)7-6-10(16)15-8-2-4-9(5-3-8)19-11(12,13)14/h2-5H,6-7H2,1H3,(H,15,16). The van der Waals surface area contributed by atoms with Gasteiger partial charge in [0, 0.05) is 18.4 Å². The molecule has 0 atom stereocenters. The summed E-state index contributed by atoms with van der Waals surface area (Å²) in [6.07, 6.45) is -4.00. The van der Waals surface area contributed by atoms with E-state index in [1.807, 2.05) is 0 Å². The number of hydrogen-bond donors (Lipinski definition) is 1. The van der Waals surface area contributed by atoms with Crippen molar-refractivity contribution in [1.29, 1.82) is 0 Å². The molecule has 0 aliphatic rings. The largest absolute Gasteiger partial charge is 0.573 e. The first-order chi connectivity index (χ1) is 9.05. The van der Waals surface area contributed by atoms with Gasteiger partial charge in [0.2, 0.25) is 5.91 Å². The number of ether oxygens (including phenoxy) is 1. The SMILES string of the molecule is CS(=O)(=O)CCC(=O)Nc1ccc(OC(F)(F)F)cc1. The number of carbonyl (C=O) groups excluding carboxylic acids is 1. The van der Waals surface area contributed by atoms with E-state index in [1.165, 1.54) is 12.1 Å². The third-order valence-corrected chi connectivity index (χ3v) is 3.02. The fourth-order valence-electron chi connectivity index (χ4n) is 1.24. The van der Waals surface area contributed by atoms with Crippen LogP contribution in [0.1, 0.15) is 6.42 Å². The Balaban J connectivity index is 2.55. The first kappa shape index (κ1) is 16.3. The molecule has 0 saturated heterocycles. The average Bonchev–Trinajstić information content (AvgIpc) is 2.26. The maximum Gasteiger partial charge on any atom is 0.573 e. The first-order valence-corrected chi connectivity index (χ1v) is 7.45. The molecule has 0 aromatic heterocycles. The third kappa shape index (κ3) is 6.98. The van der Waals surface area contributed by atoms with Crippen molar-refractivity contribution in [2.75, 3.05) is 17.3 Å². The summed E-state index contributed by atoms with van der Waals surface area (Å²) in [6, 6.07) is 4.53. The van der Waals surface area contributed by atoms with Gasteiger partial charge in [0.25, 0.3) is 0 Å². The normalized spacial score (nSPS) is 12.0. The van der Waals surface area contributed by atoms with Gasteiger partial charge in [0.05, 0.1) is 5.75 Å². The van der Waals surface area contributed by atoms with Gasteiger partial charge in [-0.3, -0.25) is 4.79 Å². The number of sulfone groups is 1. The molecule has 0 unspecified atom stereocenters. The van der Waals surface area contributed by atoms with Crippen LogP contribution in [0.5, 0.6) is 5.75 Å². The minimum Gasteiger partial charge on any atom is -0.406 e. The summed E-state index contributed by atoms with van der Waals surface area (Å²) in [7, 11) is -3.24. The highest BCUT2D eigenvalue weighted by Crippen LogP contribution is 2.23. The van der Waals surface area contributed by atoms with E-state index in [0.29, 0.717) is 0 Å². The molecule has 5 nitrogen and oxygen atoms in total. The molecule has 1 aromatic carbocycles. The smallest absolute Gasteiger partial charge is 0.406 e. The molecule has 9 heteroatoms. The molecule has 0 fully saturated rings. The van der Waals surface area contributed by atoms with Crippen LogP contribution in [0.4, 0.5) is 18.9 Å². The molecule has 0 bridgehead atoms. The first-order valence-electron chi connectivity index (χ1n) is 5.38. The molecule has 1 amide bonds. The van der Waals surface area contributed by atoms with Crippen LogP contribution >= 0.6 is 0 Å². The van der Waals surface area contributed by atoms with Gasteiger partial charge in [0.1, 0.15) is 15.6 Å². The van der Waals surface area contributed by atoms with Crippen LogP contribution in [-0.4, -0.2) is 32.7 Å². The number of hydrogen-bond acceptors (Lipinski definition) is 4. The summed E-state index contributed by atoms with van der Waals surface area (Å²) < 4.78 is 61.1. The van der Waals surface area contributed by atoms with E-state index in [-0.39, 0.29) is 17.9 Å². The predicted molar refractivity (Wildman–Crippen MR) is 66.1 cm³/mol. The zero-order valence-corrected chi connectivity index (χ0v) is 11.2. The molecule has 0 spiro atoms. The molecule has 0 aliphatic heterocycles. The van der Waals surface area contributed by atoms with Gasteiger partial charge in [0.15, 0.2) is 0 Å². The van der Waals surface area contributed by atoms with E-state index in [9.17, 15) is 26.4 Å². The summed E-state index contributed by atoms with van der Waals surface area (Å²) in [5, 5.41) is 2.36. The van der Waals surface area contributed by atoms with Gasteiger partial charge in [-0.15, -0.1) is 13.2 Å². The lowest BCUT2D eigenvalue weighted by atomic mass is 10.3. The third-order valence-electron chi connectivity index (χ3n) is 2.07. The van der Waals surface area contributed by atoms with Crippen LogP contribution in [-0.2, 0) is 14.6 Å². The van der Waals surface area contributed by atoms with Crippen molar-refractivity contribution in [2.45, 2.75) is 12.8 Å². The summed E-state index contributed by atoms with van der Waals surface area (Å²) in [5.74, 6) is -1.25. The lowest BCUT2D eigenvalue weighted by molar-refractivity contribution is -0.274. The van der Waals surface area contributed by atoms with Gasteiger partial charge in [-0.2, -0.15) is 0 Å². The molecule has 1 N–H and O–H groups in total. The fraction of sp³-hybridized carbons (Fsp3) is 0.364. The Morgan fingerprint density at radius 2 is 1.80 bits per heavy atom. The van der Waals surface area contributed by atoms with Crippen molar-refractivity contribution >= 4 is 21.4 Å². The average molecular weight is 311 g/mol. The van der Waals surface area contributed by atoms with Crippen LogP contribution in [0.2, 0.25) is 0 Å². The van der Waals surface area contributed by atoms with Gasteiger partial charge in [-0.25, -0.2) is 8.42 Å². The molecule has 1 rings (SSSR count). The van der Waals surface area contributed by atoms with E-state index in [4.69, 9.17) is 0 Å². The summed E-state index contributed by atoms with van der Waals surface area (Å²) in [6.45, 7) is 0. The molecule has 1 aromatic rings. The van der Waals surface area contributed by atoms with E-state index in [2.05, 4.69) is 10.1 Å². The summed E-state index contributed by atoms with van der Waals surface area (Å²) in [4.78, 5) is 11.4. The molecular formula is C11H12F3NO4S. The number of rotatable bonds is 5. The summed E-state index contributed by atoms with van der Waals surface area (Å²) in [5.41, 5.74) is 0.248. The van der Waals surface area contributed by atoms with E-state index in [1.54, 1.807) is 0 Å². The number of halogens is 3. The highest BCUT2D eigenvalue weighted by atomic mass is 32.2. The van der Waals surface area contributed by atoms with Crippen molar-refractivity contribution in [3.63, 3.8) is 0 Å². The number of amides is 1. The topological polar surface area (TPSA) is 72.5 Å². The van der Waals surface area contributed by atoms with Crippen LogP contribution in [0.25, 0.3) is 0 Å². The van der Waals surface area contributed by atoms with E-state index in [0.717, 1.165) is 18.4 Å². The van der Waals surface area contributed by atoms with Gasteiger partial charge >= 0.3 is 6.36 Å². The van der Waals surface area contributed by atoms with Crippen LogP contribution < -0.4 is 10.1 Å². The fourth-order valence-corrected chi connectivity index (χ4v) is 1.80. The van der Waals surface area contributed by atoms with Crippen molar-refractivity contribution in [3.05, 3.63) is 24.3 Å². The molecule has 0 aliphatic carbocycles. The van der Waals surface area contributed by atoms with E-state index < -0.39 is 27.9 Å².